The van der Waals surface area contributed by atoms with Crippen LogP contribution in [0.2, 0.25) is 0 Å². The number of hydrogen-bond donors (Lipinski definition) is 3. The molecule has 0 aromatic heterocycles. The van der Waals surface area contributed by atoms with Gasteiger partial charge in [0.05, 0.1) is 6.61 Å². The zero-order valence-electron chi connectivity index (χ0n) is 10.6. The molecule has 0 aliphatic carbocycles. The fraction of sp³-hybridized carbons (Fsp3) is 0.385. The number of fused-ring (bicyclic) bond motifs is 1. The minimum atomic E-state index is -0.215. The van der Waals surface area contributed by atoms with Crippen molar-refractivity contribution in [1.82, 2.24) is 0 Å². The molecule has 1 aromatic rings. The van der Waals surface area contributed by atoms with Gasteiger partial charge in [-0.3, -0.25) is 9.59 Å². The number of hydrogen-bond acceptors (Lipinski definition) is 4. The Balaban J connectivity index is 1.95. The van der Waals surface area contributed by atoms with Crippen LogP contribution in [-0.2, 0) is 20.7 Å². The second kappa shape index (κ2) is 6.31. The Morgan fingerprint density at radius 3 is 3.05 bits per heavy atom. The van der Waals surface area contributed by atoms with Crippen LogP contribution in [0.1, 0.15) is 12.0 Å². The van der Waals surface area contributed by atoms with Gasteiger partial charge in [0.2, 0.25) is 11.8 Å². The van der Waals surface area contributed by atoms with Gasteiger partial charge in [0, 0.05) is 24.3 Å². The average molecular weight is 263 g/mol. The minimum absolute atomic E-state index is 0.00891. The number of anilines is 2. The first-order valence-electron chi connectivity index (χ1n) is 6.19. The van der Waals surface area contributed by atoms with Gasteiger partial charge >= 0.3 is 0 Å². The fourth-order valence-electron chi connectivity index (χ4n) is 1.91. The molecule has 0 bridgehead atoms. The molecule has 2 amide bonds. The maximum Gasteiger partial charge on any atom is 0.250 e. The third kappa shape index (κ3) is 3.77. The summed E-state index contributed by atoms with van der Waals surface area (Å²) in [5.74, 6) is -0.187. The Morgan fingerprint density at radius 2 is 2.26 bits per heavy atom. The van der Waals surface area contributed by atoms with Crippen molar-refractivity contribution < 1.29 is 14.3 Å². The van der Waals surface area contributed by atoms with E-state index >= 15 is 0 Å². The zero-order valence-corrected chi connectivity index (χ0v) is 10.6. The number of nitrogens with one attached hydrogen (secondary N) is 2. The highest BCUT2D eigenvalue weighted by Crippen LogP contribution is 2.25. The van der Waals surface area contributed by atoms with E-state index in [2.05, 4.69) is 10.6 Å². The highest BCUT2D eigenvalue weighted by molar-refractivity contribution is 5.95. The molecule has 102 valence electrons. The smallest absolute Gasteiger partial charge is 0.250 e. The molecule has 1 aliphatic heterocycles. The van der Waals surface area contributed by atoms with Gasteiger partial charge in [0.15, 0.2) is 0 Å². The third-order valence-electron chi connectivity index (χ3n) is 2.78. The maximum absolute atomic E-state index is 11.6. The van der Waals surface area contributed by atoms with E-state index in [9.17, 15) is 9.59 Å². The molecule has 0 radical (unpaired) electrons. The summed E-state index contributed by atoms with van der Waals surface area (Å²) in [5, 5.41) is 5.54. The zero-order chi connectivity index (χ0) is 13.7. The highest BCUT2D eigenvalue weighted by atomic mass is 16.5. The summed E-state index contributed by atoms with van der Waals surface area (Å²) in [6.07, 6.45) is 1.17. The van der Waals surface area contributed by atoms with Crippen LogP contribution in [0.5, 0.6) is 0 Å². The molecule has 1 heterocycles. The molecule has 0 unspecified atom stereocenters. The van der Waals surface area contributed by atoms with E-state index in [1.807, 2.05) is 6.07 Å². The molecule has 0 saturated carbocycles. The van der Waals surface area contributed by atoms with E-state index in [0.29, 0.717) is 31.7 Å². The van der Waals surface area contributed by atoms with Gasteiger partial charge in [-0.05, 0) is 30.2 Å². The summed E-state index contributed by atoms with van der Waals surface area (Å²) in [6.45, 7) is 0.750. The van der Waals surface area contributed by atoms with Crippen LogP contribution in [0.4, 0.5) is 11.4 Å². The van der Waals surface area contributed by atoms with Crippen LogP contribution >= 0.6 is 0 Å². The van der Waals surface area contributed by atoms with Crippen LogP contribution in [0.15, 0.2) is 18.2 Å². The molecular formula is C13H17N3O3. The van der Waals surface area contributed by atoms with Gasteiger partial charge in [-0.1, -0.05) is 0 Å². The van der Waals surface area contributed by atoms with Gasteiger partial charge in [-0.25, -0.2) is 0 Å². The Hall–Kier alpha value is -1.92. The van der Waals surface area contributed by atoms with E-state index in [4.69, 9.17) is 10.5 Å². The van der Waals surface area contributed by atoms with Gasteiger partial charge < -0.3 is 21.1 Å². The summed E-state index contributed by atoms with van der Waals surface area (Å²) in [4.78, 5) is 22.8. The lowest BCUT2D eigenvalue weighted by Gasteiger charge is -2.17. The number of amides is 2. The van der Waals surface area contributed by atoms with Crippen molar-refractivity contribution in [3.8, 4) is 0 Å². The number of carbonyl (C=O) groups excluding carboxylic acids is 2. The standard InChI is InChI=1S/C13H17N3O3/c14-5-6-19-8-13(18)15-10-2-3-11-9(7-10)1-4-12(17)16-11/h2-3,7H,1,4-6,8,14H2,(H,15,18)(H,16,17). The number of aryl methyl sites for hydroxylation is 1. The molecule has 6 heteroatoms. The predicted molar refractivity (Wildman–Crippen MR) is 71.9 cm³/mol. The molecule has 0 saturated heterocycles. The molecule has 4 N–H and O–H groups in total. The Kier molecular flexibility index (Phi) is 4.48. The van der Waals surface area contributed by atoms with E-state index in [1.165, 1.54) is 0 Å². The SMILES string of the molecule is NCCOCC(=O)Nc1ccc2c(c1)CCC(=O)N2. The molecule has 0 atom stereocenters. The predicted octanol–water partition coefficient (Wildman–Crippen LogP) is 0.485. The maximum atomic E-state index is 11.6. The lowest BCUT2D eigenvalue weighted by molar-refractivity contribution is -0.120. The lowest BCUT2D eigenvalue weighted by atomic mass is 10.0. The lowest BCUT2D eigenvalue weighted by Crippen LogP contribution is -2.22. The van der Waals surface area contributed by atoms with Crippen molar-refractivity contribution >= 4 is 23.2 Å². The van der Waals surface area contributed by atoms with Crippen LogP contribution in [0.25, 0.3) is 0 Å². The third-order valence-corrected chi connectivity index (χ3v) is 2.78. The van der Waals surface area contributed by atoms with Crippen LogP contribution in [0.3, 0.4) is 0 Å². The first kappa shape index (κ1) is 13.5. The largest absolute Gasteiger partial charge is 0.370 e. The molecule has 1 aliphatic rings. The van der Waals surface area contributed by atoms with Gasteiger partial charge in [0.1, 0.15) is 6.61 Å². The minimum Gasteiger partial charge on any atom is -0.370 e. The Labute approximate surface area is 111 Å². The monoisotopic (exact) mass is 263 g/mol. The van der Waals surface area contributed by atoms with Crippen molar-refractivity contribution in [3.63, 3.8) is 0 Å². The van der Waals surface area contributed by atoms with E-state index in [-0.39, 0.29) is 18.4 Å². The topological polar surface area (TPSA) is 93.4 Å². The van der Waals surface area contributed by atoms with Crippen molar-refractivity contribution in [2.75, 3.05) is 30.4 Å². The van der Waals surface area contributed by atoms with Gasteiger partial charge in [0.25, 0.3) is 0 Å². The van der Waals surface area contributed by atoms with E-state index in [0.717, 1.165) is 11.3 Å². The first-order valence-corrected chi connectivity index (χ1v) is 6.19. The number of carbonyl (C=O) groups is 2. The summed E-state index contributed by atoms with van der Waals surface area (Å²) < 4.78 is 5.05. The molecular weight excluding hydrogens is 246 g/mol. The van der Waals surface area contributed by atoms with Crippen molar-refractivity contribution in [2.45, 2.75) is 12.8 Å². The van der Waals surface area contributed by atoms with Crippen molar-refractivity contribution in [2.24, 2.45) is 5.73 Å². The fourth-order valence-corrected chi connectivity index (χ4v) is 1.91. The number of benzene rings is 1. The van der Waals surface area contributed by atoms with Crippen LogP contribution < -0.4 is 16.4 Å². The Bertz CT molecular complexity index is 488. The molecule has 0 fully saturated rings. The summed E-state index contributed by atoms with van der Waals surface area (Å²) in [6, 6.07) is 5.42. The second-order valence-corrected chi connectivity index (χ2v) is 4.31. The summed E-state index contributed by atoms with van der Waals surface area (Å²) >= 11 is 0. The number of rotatable bonds is 5. The summed E-state index contributed by atoms with van der Waals surface area (Å²) in [5.41, 5.74) is 7.81. The van der Waals surface area contributed by atoms with Crippen LogP contribution in [-0.4, -0.2) is 31.6 Å². The van der Waals surface area contributed by atoms with Gasteiger partial charge in [-0.15, -0.1) is 0 Å². The van der Waals surface area contributed by atoms with Crippen molar-refractivity contribution in [3.05, 3.63) is 23.8 Å². The molecule has 2 rings (SSSR count). The van der Waals surface area contributed by atoms with Gasteiger partial charge in [-0.2, -0.15) is 0 Å². The second-order valence-electron chi connectivity index (χ2n) is 4.31. The average Bonchev–Trinajstić information content (AvgIpc) is 2.39. The van der Waals surface area contributed by atoms with E-state index in [1.54, 1.807) is 12.1 Å². The number of ether oxygens (including phenoxy) is 1. The molecule has 19 heavy (non-hydrogen) atoms. The first-order chi connectivity index (χ1) is 9.19. The molecule has 0 spiro atoms. The number of nitrogens with two attached hydrogens (primary N) is 1. The van der Waals surface area contributed by atoms with Crippen molar-refractivity contribution in [1.29, 1.82) is 0 Å². The Morgan fingerprint density at radius 1 is 1.42 bits per heavy atom. The quantitative estimate of drug-likeness (QED) is 0.674. The van der Waals surface area contributed by atoms with Crippen LogP contribution in [0, 0.1) is 0 Å². The highest BCUT2D eigenvalue weighted by Gasteiger charge is 2.15. The molecule has 6 nitrogen and oxygen atoms in total. The normalized spacial score (nSPS) is 13.6. The molecule has 1 aromatic carbocycles. The summed E-state index contributed by atoms with van der Waals surface area (Å²) in [7, 11) is 0. The van der Waals surface area contributed by atoms with E-state index < -0.39 is 0 Å².